The second kappa shape index (κ2) is 24.4. The Kier molecular flexibility index (Phi) is 86.9. The molecular weight excluding hydrogens is 152 g/mol. The first-order valence-corrected chi connectivity index (χ1v) is 0.836. The molecule has 0 aliphatic carbocycles. The van der Waals surface area contributed by atoms with Gasteiger partial charge in [0, 0.05) is 0 Å². The van der Waals surface area contributed by atoms with Crippen LogP contribution >= 0.6 is 0 Å². The van der Waals surface area contributed by atoms with E-state index in [2.05, 4.69) is 12.6 Å². The Morgan fingerprint density at radius 2 is 1.60 bits per heavy atom. The predicted molar refractivity (Wildman–Crippen MR) is 13.0 cm³/mol. The minimum absolute atomic E-state index is 0. The van der Waals surface area contributed by atoms with Crippen molar-refractivity contribution < 1.29 is 29.2 Å². The summed E-state index contributed by atoms with van der Waals surface area (Å²) in [5.74, 6) is 0. The van der Waals surface area contributed by atoms with Gasteiger partial charge in [0.1, 0.15) is 0 Å². The van der Waals surface area contributed by atoms with Crippen LogP contribution in [0.15, 0.2) is 0 Å². The van der Waals surface area contributed by atoms with Gasteiger partial charge < -0.3 is 25.0 Å². The molecule has 0 aromatic heterocycles. The minimum Gasteiger partial charge on any atom is -1.00 e. The van der Waals surface area contributed by atoms with E-state index in [1.807, 2.05) is 0 Å². The second-order valence-electron chi connectivity index (χ2n) is 0.0913. The van der Waals surface area contributed by atoms with E-state index in [-0.39, 0.29) is 29.2 Å². The Morgan fingerprint density at radius 3 is 1.60 bits per heavy atom. The summed E-state index contributed by atoms with van der Waals surface area (Å²) < 4.78 is 0. The van der Waals surface area contributed by atoms with E-state index >= 15 is 0 Å². The molecule has 4 heteroatoms. The Balaban J connectivity index is -0.0000000200. The normalized spacial score (nSPS) is 1.40. The quantitative estimate of drug-likeness (QED) is 0.273. The van der Waals surface area contributed by atoms with Crippen LogP contribution < -0.4 is 12.4 Å². The second-order valence-corrected chi connectivity index (χ2v) is 0.274. The SMILES string of the molecule is N#C[S-].[Cl-].[Co+2]. The number of halogens is 1. The molecule has 0 saturated heterocycles. The van der Waals surface area contributed by atoms with E-state index in [4.69, 9.17) is 5.26 Å². The molecule has 0 heterocycles. The fourth-order valence-corrected chi connectivity index (χ4v) is 0. The number of hydrogen-bond acceptors (Lipinski definition) is 2. The molecule has 0 saturated carbocycles. The molecule has 0 spiro atoms. The first-order valence-electron chi connectivity index (χ1n) is 0.428. The third kappa shape index (κ3) is 110. The van der Waals surface area contributed by atoms with Crippen LogP contribution in [-0.4, -0.2) is 0 Å². The van der Waals surface area contributed by atoms with Gasteiger partial charge in [-0.25, -0.2) is 5.26 Å². The number of rotatable bonds is 0. The maximum Gasteiger partial charge on any atom is 2.00 e. The van der Waals surface area contributed by atoms with Crippen molar-refractivity contribution in [2.45, 2.75) is 0 Å². The smallest absolute Gasteiger partial charge is 1.00 e. The summed E-state index contributed by atoms with van der Waals surface area (Å²) in [6.45, 7) is 0. The summed E-state index contributed by atoms with van der Waals surface area (Å²) in [5, 5.41) is 8.47. The number of nitrogens with zero attached hydrogens (tertiary/aromatic N) is 1. The van der Waals surface area contributed by atoms with E-state index in [1.54, 1.807) is 0 Å². The number of thiocyanates is 1. The standard InChI is InChI=1S/CHNS.ClH.Co/c2-1-3;;/h3H;1H;/q;;+2/p-2. The molecule has 5 heavy (non-hydrogen) atoms. The zero-order chi connectivity index (χ0) is 2.71. The molecular formula is CClCoNS. The topological polar surface area (TPSA) is 23.8 Å². The third-order valence-electron chi connectivity index (χ3n) is 0. The average molecular weight is 152 g/mol. The van der Waals surface area contributed by atoms with Gasteiger partial charge >= 0.3 is 16.8 Å². The van der Waals surface area contributed by atoms with Gasteiger partial charge in [0.05, 0.1) is 0 Å². The molecule has 1 nitrogen and oxygen atoms in total. The van der Waals surface area contributed by atoms with Crippen LogP contribution in [0, 0.1) is 10.7 Å². The largest absolute Gasteiger partial charge is 2.00 e. The average Bonchev–Trinajstić information content (AvgIpc) is 0.918. The van der Waals surface area contributed by atoms with Crippen LogP contribution in [0.25, 0.3) is 0 Å². The van der Waals surface area contributed by atoms with Gasteiger partial charge in [0.25, 0.3) is 0 Å². The van der Waals surface area contributed by atoms with Crippen molar-refractivity contribution in [3.05, 3.63) is 0 Å². The van der Waals surface area contributed by atoms with Crippen molar-refractivity contribution in [1.82, 2.24) is 0 Å². The Morgan fingerprint density at radius 1 is 1.60 bits per heavy atom. The van der Waals surface area contributed by atoms with Crippen molar-refractivity contribution in [2.75, 3.05) is 0 Å². The van der Waals surface area contributed by atoms with Gasteiger partial charge in [0.2, 0.25) is 0 Å². The fourth-order valence-electron chi connectivity index (χ4n) is 0. The van der Waals surface area contributed by atoms with Gasteiger partial charge in [-0.15, -0.1) is 0 Å². The zero-order valence-corrected chi connectivity index (χ0v) is 4.68. The van der Waals surface area contributed by atoms with Crippen LogP contribution in [0.4, 0.5) is 0 Å². The monoisotopic (exact) mass is 152 g/mol. The number of nitriles is 1. The van der Waals surface area contributed by atoms with E-state index in [9.17, 15) is 0 Å². The van der Waals surface area contributed by atoms with E-state index in [0.29, 0.717) is 0 Å². The first-order chi connectivity index (χ1) is 1.41. The Hall–Kier alpha value is 0.506. The molecule has 0 fully saturated rings. The van der Waals surface area contributed by atoms with Crippen molar-refractivity contribution in [3.63, 3.8) is 0 Å². The van der Waals surface area contributed by atoms with E-state index in [1.165, 1.54) is 5.40 Å². The van der Waals surface area contributed by atoms with Crippen LogP contribution in [-0.2, 0) is 29.4 Å². The molecule has 0 bridgehead atoms. The summed E-state index contributed by atoms with van der Waals surface area (Å²) in [5.41, 5.74) is 0. The maximum absolute atomic E-state index is 7.13. The minimum atomic E-state index is 0. The molecule has 1 radical (unpaired) electrons. The Bertz CT molecular complexity index is 33.1. The third-order valence-corrected chi connectivity index (χ3v) is 0. The first kappa shape index (κ1) is 17.8. The molecule has 0 amide bonds. The van der Waals surface area contributed by atoms with Crippen molar-refractivity contribution in [3.8, 4) is 5.40 Å². The molecule has 0 aliphatic heterocycles. The zero-order valence-electron chi connectivity index (χ0n) is 2.07. The van der Waals surface area contributed by atoms with Crippen molar-refractivity contribution in [1.29, 1.82) is 5.26 Å². The van der Waals surface area contributed by atoms with Gasteiger partial charge in [-0.05, 0) is 0 Å². The summed E-state index contributed by atoms with van der Waals surface area (Å²) in [4.78, 5) is 0. The molecule has 0 atom stereocenters. The van der Waals surface area contributed by atoms with Crippen LogP contribution in [0.1, 0.15) is 0 Å². The molecule has 0 N–H and O–H groups in total. The van der Waals surface area contributed by atoms with Gasteiger partial charge in [-0.2, -0.15) is 0 Å². The van der Waals surface area contributed by atoms with Gasteiger partial charge in [-0.3, -0.25) is 0 Å². The fraction of sp³-hybridized carbons (Fsp3) is 0. The molecule has 0 aliphatic rings. The van der Waals surface area contributed by atoms with Gasteiger partial charge in [-0.1, -0.05) is 5.40 Å². The van der Waals surface area contributed by atoms with Crippen molar-refractivity contribution in [2.24, 2.45) is 0 Å². The summed E-state index contributed by atoms with van der Waals surface area (Å²) in [6, 6.07) is 0. The van der Waals surface area contributed by atoms with Gasteiger partial charge in [0.15, 0.2) is 0 Å². The van der Waals surface area contributed by atoms with E-state index in [0.717, 1.165) is 0 Å². The summed E-state index contributed by atoms with van der Waals surface area (Å²) in [6.07, 6.45) is 0. The van der Waals surface area contributed by atoms with Crippen LogP contribution in [0.2, 0.25) is 0 Å². The summed E-state index contributed by atoms with van der Waals surface area (Å²) in [7, 11) is 0. The number of hydrogen-bond donors (Lipinski definition) is 0. The molecule has 31 valence electrons. The molecule has 0 aromatic rings. The Labute approximate surface area is 52.8 Å². The molecule has 0 unspecified atom stereocenters. The molecule has 0 aromatic carbocycles. The van der Waals surface area contributed by atoms with Crippen LogP contribution in [0.3, 0.4) is 0 Å². The summed E-state index contributed by atoms with van der Waals surface area (Å²) >= 11 is 3.70. The molecule has 0 rings (SSSR count). The van der Waals surface area contributed by atoms with E-state index < -0.39 is 0 Å². The van der Waals surface area contributed by atoms with Crippen LogP contribution in [0.5, 0.6) is 0 Å². The predicted octanol–water partition coefficient (Wildman–Crippen LogP) is -2.98. The maximum atomic E-state index is 7.13. The van der Waals surface area contributed by atoms with Crippen molar-refractivity contribution >= 4 is 12.6 Å².